The molecular formula is C24H33NO4. The van der Waals surface area contributed by atoms with Crippen molar-refractivity contribution in [1.29, 1.82) is 0 Å². The van der Waals surface area contributed by atoms with Gasteiger partial charge in [0.2, 0.25) is 0 Å². The minimum absolute atomic E-state index is 0.00381. The van der Waals surface area contributed by atoms with E-state index in [1.165, 1.54) is 5.56 Å². The molecule has 5 heteroatoms. The average Bonchev–Trinajstić information content (AvgIpc) is 2.65. The molecule has 4 bridgehead atoms. The maximum atomic E-state index is 13.0. The van der Waals surface area contributed by atoms with E-state index >= 15 is 0 Å². The number of carbonyl (C=O) groups excluding carboxylic acids is 2. The highest BCUT2D eigenvalue weighted by Gasteiger charge is 2.61. The SMILES string of the molecule is C[C@H](CCc1ccccc1)NC(=O)[C@H](C)OC(=O)C12C[C@H]3C[C@@H](CC(O)(C3)C1)C2. The molecule has 4 aliphatic carbocycles. The van der Waals surface area contributed by atoms with Crippen LogP contribution in [0.2, 0.25) is 0 Å². The van der Waals surface area contributed by atoms with Gasteiger partial charge in [0.25, 0.3) is 5.91 Å². The Bertz CT molecular complexity index is 747. The van der Waals surface area contributed by atoms with Gasteiger partial charge < -0.3 is 15.2 Å². The number of rotatable bonds is 7. The molecule has 2 N–H and O–H groups in total. The fourth-order valence-electron chi connectivity index (χ4n) is 6.25. The first-order chi connectivity index (χ1) is 13.8. The van der Waals surface area contributed by atoms with Crippen LogP contribution in [0.1, 0.15) is 64.4 Å². The average molecular weight is 400 g/mol. The maximum absolute atomic E-state index is 13.0. The lowest BCUT2D eigenvalue weighted by Gasteiger charge is -2.58. The summed E-state index contributed by atoms with van der Waals surface area (Å²) in [6, 6.07) is 10.2. The van der Waals surface area contributed by atoms with Crippen LogP contribution in [0.25, 0.3) is 0 Å². The Morgan fingerprint density at radius 2 is 1.79 bits per heavy atom. The number of hydrogen-bond acceptors (Lipinski definition) is 4. The normalized spacial score (nSPS) is 34.4. The minimum atomic E-state index is -0.815. The molecule has 0 spiro atoms. The van der Waals surface area contributed by atoms with Gasteiger partial charge in [-0.3, -0.25) is 9.59 Å². The number of aliphatic hydroxyl groups is 1. The van der Waals surface area contributed by atoms with Gasteiger partial charge in [0.05, 0.1) is 11.0 Å². The number of ether oxygens (including phenoxy) is 1. The minimum Gasteiger partial charge on any atom is -0.452 e. The van der Waals surface area contributed by atoms with Crippen molar-refractivity contribution in [3.63, 3.8) is 0 Å². The second-order valence-electron chi connectivity index (χ2n) is 9.95. The third-order valence-electron chi connectivity index (χ3n) is 7.21. The molecule has 4 fully saturated rings. The fourth-order valence-corrected chi connectivity index (χ4v) is 6.25. The molecule has 0 saturated heterocycles. The summed E-state index contributed by atoms with van der Waals surface area (Å²) in [6.45, 7) is 3.62. The number of benzene rings is 1. The smallest absolute Gasteiger partial charge is 0.312 e. The van der Waals surface area contributed by atoms with Crippen LogP contribution in [0.4, 0.5) is 0 Å². The Hall–Kier alpha value is -1.88. The van der Waals surface area contributed by atoms with Crippen LogP contribution in [-0.4, -0.2) is 34.7 Å². The van der Waals surface area contributed by atoms with E-state index in [1.807, 2.05) is 25.1 Å². The largest absolute Gasteiger partial charge is 0.452 e. The molecule has 0 radical (unpaired) electrons. The van der Waals surface area contributed by atoms with Crippen molar-refractivity contribution in [2.45, 2.75) is 83.0 Å². The van der Waals surface area contributed by atoms with Crippen LogP contribution < -0.4 is 5.32 Å². The second kappa shape index (κ2) is 7.75. The Morgan fingerprint density at radius 1 is 1.14 bits per heavy atom. The van der Waals surface area contributed by atoms with Crippen molar-refractivity contribution in [3.05, 3.63) is 35.9 Å². The fraction of sp³-hybridized carbons (Fsp3) is 0.667. The third-order valence-corrected chi connectivity index (χ3v) is 7.21. The number of esters is 1. The van der Waals surface area contributed by atoms with Crippen molar-refractivity contribution < 1.29 is 19.4 Å². The first-order valence-electron chi connectivity index (χ1n) is 11.0. The zero-order chi connectivity index (χ0) is 20.6. The Labute approximate surface area is 173 Å². The van der Waals surface area contributed by atoms with E-state index in [0.29, 0.717) is 18.3 Å². The van der Waals surface area contributed by atoms with Gasteiger partial charge in [-0.15, -0.1) is 0 Å². The summed E-state index contributed by atoms with van der Waals surface area (Å²) >= 11 is 0. The van der Waals surface area contributed by atoms with E-state index in [1.54, 1.807) is 6.92 Å². The lowest BCUT2D eigenvalue weighted by molar-refractivity contribution is -0.200. The molecule has 1 aromatic carbocycles. The summed E-state index contributed by atoms with van der Waals surface area (Å²) in [5, 5.41) is 13.8. The van der Waals surface area contributed by atoms with Gasteiger partial charge in [-0.05, 0) is 82.6 Å². The van der Waals surface area contributed by atoms with E-state index < -0.39 is 17.1 Å². The highest BCUT2D eigenvalue weighted by molar-refractivity contribution is 5.85. The Balaban J connectivity index is 1.29. The Morgan fingerprint density at radius 3 is 2.41 bits per heavy atom. The van der Waals surface area contributed by atoms with Crippen molar-refractivity contribution in [3.8, 4) is 0 Å². The summed E-state index contributed by atoms with van der Waals surface area (Å²) < 4.78 is 5.64. The van der Waals surface area contributed by atoms with Gasteiger partial charge in [-0.1, -0.05) is 30.3 Å². The van der Waals surface area contributed by atoms with Gasteiger partial charge in [0, 0.05) is 6.04 Å². The van der Waals surface area contributed by atoms with Crippen LogP contribution in [-0.2, 0) is 20.7 Å². The van der Waals surface area contributed by atoms with E-state index in [0.717, 1.165) is 44.9 Å². The lowest BCUT2D eigenvalue weighted by Crippen LogP contribution is -2.59. The van der Waals surface area contributed by atoms with Crippen molar-refractivity contribution in [2.24, 2.45) is 17.3 Å². The maximum Gasteiger partial charge on any atom is 0.312 e. The van der Waals surface area contributed by atoms with Crippen LogP contribution >= 0.6 is 0 Å². The van der Waals surface area contributed by atoms with Crippen molar-refractivity contribution in [2.75, 3.05) is 0 Å². The molecule has 0 aromatic heterocycles. The van der Waals surface area contributed by atoms with Crippen LogP contribution in [0.5, 0.6) is 0 Å². The number of carbonyl (C=O) groups is 2. The zero-order valence-electron chi connectivity index (χ0n) is 17.5. The predicted molar refractivity (Wildman–Crippen MR) is 110 cm³/mol. The molecule has 4 saturated carbocycles. The summed E-state index contributed by atoms with van der Waals surface area (Å²) in [5.74, 6) is 0.291. The highest BCUT2D eigenvalue weighted by atomic mass is 16.5. The van der Waals surface area contributed by atoms with Gasteiger partial charge in [-0.25, -0.2) is 0 Å². The molecule has 0 aliphatic heterocycles. The van der Waals surface area contributed by atoms with Gasteiger partial charge in [0.1, 0.15) is 0 Å². The third kappa shape index (κ3) is 4.35. The molecule has 4 aliphatic rings. The topological polar surface area (TPSA) is 75.6 Å². The lowest BCUT2D eigenvalue weighted by atomic mass is 9.48. The van der Waals surface area contributed by atoms with Gasteiger partial charge >= 0.3 is 5.97 Å². The van der Waals surface area contributed by atoms with Gasteiger partial charge in [0.15, 0.2) is 6.10 Å². The van der Waals surface area contributed by atoms with Crippen molar-refractivity contribution >= 4 is 11.9 Å². The molecule has 5 rings (SSSR count). The Kier molecular flexibility index (Phi) is 5.45. The van der Waals surface area contributed by atoms with Gasteiger partial charge in [-0.2, -0.15) is 0 Å². The van der Waals surface area contributed by atoms with E-state index in [4.69, 9.17) is 4.74 Å². The first kappa shape index (κ1) is 20.4. The quantitative estimate of drug-likeness (QED) is 0.689. The number of hydrogen-bond donors (Lipinski definition) is 2. The monoisotopic (exact) mass is 399 g/mol. The molecule has 1 amide bonds. The van der Waals surface area contributed by atoms with Crippen LogP contribution in [0, 0.1) is 17.3 Å². The first-order valence-corrected chi connectivity index (χ1v) is 11.0. The number of aryl methyl sites for hydroxylation is 1. The van der Waals surface area contributed by atoms with E-state index in [9.17, 15) is 14.7 Å². The summed E-state index contributed by atoms with van der Waals surface area (Å²) in [6.07, 6.45) is 5.74. The second-order valence-corrected chi connectivity index (χ2v) is 9.95. The molecule has 158 valence electrons. The number of amides is 1. The summed E-state index contributed by atoms with van der Waals surface area (Å²) in [7, 11) is 0. The van der Waals surface area contributed by atoms with Crippen LogP contribution in [0.15, 0.2) is 30.3 Å². The number of nitrogens with one attached hydrogen (secondary N) is 1. The summed E-state index contributed by atoms with van der Waals surface area (Å²) in [4.78, 5) is 25.6. The molecule has 29 heavy (non-hydrogen) atoms. The van der Waals surface area contributed by atoms with Crippen molar-refractivity contribution in [1.82, 2.24) is 5.32 Å². The standard InChI is InChI=1S/C24H33NO4/c1-16(8-9-18-6-4-3-5-7-18)25-21(26)17(2)29-22(27)23-11-19-10-20(12-23)14-24(28,13-19)15-23/h3-7,16-17,19-20,28H,8-15H2,1-2H3,(H,25,26)/t16-,17+,19-,20-,23?,24?/m1/s1. The molecule has 5 nitrogen and oxygen atoms in total. The molecule has 4 atom stereocenters. The van der Waals surface area contributed by atoms with E-state index in [2.05, 4.69) is 17.4 Å². The predicted octanol–water partition coefficient (Wildman–Crippen LogP) is 3.39. The van der Waals surface area contributed by atoms with Crippen LogP contribution in [0.3, 0.4) is 0 Å². The molecular weight excluding hydrogens is 366 g/mol. The highest BCUT2D eigenvalue weighted by Crippen LogP contribution is 2.62. The molecule has 1 aromatic rings. The van der Waals surface area contributed by atoms with E-state index in [-0.39, 0.29) is 17.9 Å². The molecule has 0 heterocycles. The summed E-state index contributed by atoms with van der Waals surface area (Å²) in [5.41, 5.74) is -0.0554. The zero-order valence-corrected chi connectivity index (χ0v) is 17.5. The molecule has 0 unspecified atom stereocenters.